The number of nitrogens with one attached hydrogen (secondary N) is 2. The molecule has 2 aromatic heterocycles. The zero-order chi connectivity index (χ0) is 12.1. The fraction of sp³-hybridized carbons (Fsp3) is 0.273. The van der Waals surface area contributed by atoms with E-state index in [4.69, 9.17) is 0 Å². The van der Waals surface area contributed by atoms with E-state index in [2.05, 4.69) is 25.5 Å². The summed E-state index contributed by atoms with van der Waals surface area (Å²) in [6.45, 7) is 1.77. The summed E-state index contributed by atoms with van der Waals surface area (Å²) >= 11 is 0. The van der Waals surface area contributed by atoms with Gasteiger partial charge in [-0.05, 0) is 25.5 Å². The van der Waals surface area contributed by atoms with Crippen LogP contribution in [-0.2, 0) is 11.2 Å². The van der Waals surface area contributed by atoms with E-state index in [1.54, 1.807) is 13.1 Å². The Hall–Kier alpha value is -2.24. The molecule has 0 aromatic carbocycles. The molecule has 0 spiro atoms. The van der Waals surface area contributed by atoms with Crippen LogP contribution in [0, 0.1) is 6.92 Å². The molecular formula is C11H13N5O. The number of anilines is 1. The maximum Gasteiger partial charge on any atom is 0.248 e. The Morgan fingerprint density at radius 3 is 3.00 bits per heavy atom. The van der Waals surface area contributed by atoms with E-state index < -0.39 is 0 Å². The van der Waals surface area contributed by atoms with Gasteiger partial charge in [-0.3, -0.25) is 20.2 Å². The minimum atomic E-state index is -0.116. The molecule has 0 aliphatic heterocycles. The van der Waals surface area contributed by atoms with Crippen LogP contribution in [0.2, 0.25) is 0 Å². The van der Waals surface area contributed by atoms with Crippen molar-refractivity contribution in [2.45, 2.75) is 19.8 Å². The number of aromatic amines is 1. The van der Waals surface area contributed by atoms with Crippen molar-refractivity contribution in [1.29, 1.82) is 0 Å². The molecule has 2 rings (SSSR count). The van der Waals surface area contributed by atoms with E-state index in [1.807, 2.05) is 18.2 Å². The molecule has 0 bridgehead atoms. The summed E-state index contributed by atoms with van der Waals surface area (Å²) in [4.78, 5) is 19.7. The van der Waals surface area contributed by atoms with Gasteiger partial charge in [-0.25, -0.2) is 0 Å². The van der Waals surface area contributed by atoms with E-state index in [0.717, 1.165) is 5.69 Å². The Morgan fingerprint density at radius 2 is 2.35 bits per heavy atom. The van der Waals surface area contributed by atoms with Crippen LogP contribution in [0.1, 0.15) is 17.9 Å². The predicted molar refractivity (Wildman–Crippen MR) is 62.3 cm³/mol. The van der Waals surface area contributed by atoms with Crippen LogP contribution in [0.3, 0.4) is 0 Å². The standard InChI is InChI=1S/C11H13N5O/c1-8-13-11(16-15-8)14-10(17)6-5-9-4-2-3-7-12-9/h2-4,7H,5-6H2,1H3,(H2,13,14,15,16,17). The van der Waals surface area contributed by atoms with Crippen molar-refractivity contribution < 1.29 is 4.79 Å². The van der Waals surface area contributed by atoms with Gasteiger partial charge in [-0.15, -0.1) is 5.10 Å². The fourth-order valence-electron chi connectivity index (χ4n) is 1.37. The quantitative estimate of drug-likeness (QED) is 0.824. The summed E-state index contributed by atoms with van der Waals surface area (Å²) in [6.07, 6.45) is 2.69. The van der Waals surface area contributed by atoms with Gasteiger partial charge in [0.25, 0.3) is 0 Å². The molecule has 17 heavy (non-hydrogen) atoms. The normalized spacial score (nSPS) is 10.2. The summed E-state index contributed by atoms with van der Waals surface area (Å²) in [5.74, 6) is 0.869. The first-order valence-corrected chi connectivity index (χ1v) is 5.33. The Kier molecular flexibility index (Phi) is 3.44. The van der Waals surface area contributed by atoms with Gasteiger partial charge in [0.1, 0.15) is 5.82 Å². The molecule has 0 aliphatic carbocycles. The SMILES string of the molecule is Cc1nc(NC(=O)CCc2ccccn2)n[nH]1. The highest BCUT2D eigenvalue weighted by molar-refractivity contribution is 5.88. The highest BCUT2D eigenvalue weighted by Gasteiger charge is 2.06. The molecule has 2 N–H and O–H groups in total. The molecule has 2 aromatic rings. The molecule has 0 saturated heterocycles. The highest BCUT2D eigenvalue weighted by Crippen LogP contribution is 2.02. The third kappa shape index (κ3) is 3.37. The molecule has 0 atom stereocenters. The first-order chi connectivity index (χ1) is 8.24. The number of rotatable bonds is 4. The zero-order valence-electron chi connectivity index (χ0n) is 9.47. The molecule has 0 saturated carbocycles. The van der Waals surface area contributed by atoms with Crippen LogP contribution >= 0.6 is 0 Å². The van der Waals surface area contributed by atoms with E-state index >= 15 is 0 Å². The number of H-pyrrole nitrogens is 1. The van der Waals surface area contributed by atoms with E-state index in [-0.39, 0.29) is 5.91 Å². The molecular weight excluding hydrogens is 218 g/mol. The maximum absolute atomic E-state index is 11.6. The Morgan fingerprint density at radius 1 is 1.47 bits per heavy atom. The number of pyridine rings is 1. The van der Waals surface area contributed by atoms with Crippen molar-refractivity contribution in [3.8, 4) is 0 Å². The molecule has 0 fully saturated rings. The summed E-state index contributed by atoms with van der Waals surface area (Å²) < 4.78 is 0. The topological polar surface area (TPSA) is 83.6 Å². The lowest BCUT2D eigenvalue weighted by atomic mass is 10.2. The van der Waals surface area contributed by atoms with Crippen molar-refractivity contribution in [2.75, 3.05) is 5.32 Å². The van der Waals surface area contributed by atoms with Crippen LogP contribution in [0.5, 0.6) is 0 Å². The van der Waals surface area contributed by atoms with Crippen LogP contribution in [-0.4, -0.2) is 26.1 Å². The van der Waals surface area contributed by atoms with Gasteiger partial charge in [-0.2, -0.15) is 4.98 Å². The second-order valence-electron chi connectivity index (χ2n) is 3.61. The highest BCUT2D eigenvalue weighted by atomic mass is 16.1. The Balaban J connectivity index is 1.82. The molecule has 88 valence electrons. The number of aryl methyl sites for hydroxylation is 2. The Labute approximate surface area is 98.5 Å². The lowest BCUT2D eigenvalue weighted by Crippen LogP contribution is -2.13. The van der Waals surface area contributed by atoms with Crippen molar-refractivity contribution >= 4 is 11.9 Å². The fourth-order valence-corrected chi connectivity index (χ4v) is 1.37. The molecule has 2 heterocycles. The van der Waals surface area contributed by atoms with E-state index in [9.17, 15) is 4.79 Å². The number of amides is 1. The number of hydrogen-bond donors (Lipinski definition) is 2. The van der Waals surface area contributed by atoms with Gasteiger partial charge in [0.05, 0.1) is 0 Å². The third-order valence-electron chi connectivity index (χ3n) is 2.18. The van der Waals surface area contributed by atoms with Crippen LogP contribution < -0.4 is 5.32 Å². The Bertz CT molecular complexity index is 494. The van der Waals surface area contributed by atoms with Crippen LogP contribution in [0.4, 0.5) is 5.95 Å². The molecule has 0 unspecified atom stereocenters. The smallest absolute Gasteiger partial charge is 0.248 e. The monoisotopic (exact) mass is 231 g/mol. The average Bonchev–Trinajstić information content (AvgIpc) is 2.73. The molecule has 1 amide bonds. The summed E-state index contributed by atoms with van der Waals surface area (Å²) in [5, 5.41) is 9.10. The third-order valence-corrected chi connectivity index (χ3v) is 2.18. The van der Waals surface area contributed by atoms with Gasteiger partial charge < -0.3 is 0 Å². The maximum atomic E-state index is 11.6. The van der Waals surface area contributed by atoms with Crippen molar-refractivity contribution in [3.05, 3.63) is 35.9 Å². The molecule has 6 heteroatoms. The lowest BCUT2D eigenvalue weighted by Gasteiger charge is -2.00. The van der Waals surface area contributed by atoms with Gasteiger partial charge in [0.2, 0.25) is 11.9 Å². The van der Waals surface area contributed by atoms with Crippen LogP contribution in [0.15, 0.2) is 24.4 Å². The minimum absolute atomic E-state index is 0.116. The molecule has 0 radical (unpaired) electrons. The van der Waals surface area contributed by atoms with Gasteiger partial charge in [0.15, 0.2) is 0 Å². The number of carbonyl (C=O) groups excluding carboxylic acids is 1. The van der Waals surface area contributed by atoms with Crippen LogP contribution in [0.25, 0.3) is 0 Å². The number of aromatic nitrogens is 4. The largest absolute Gasteiger partial charge is 0.293 e. The van der Waals surface area contributed by atoms with E-state index in [1.165, 1.54) is 0 Å². The molecule has 0 aliphatic rings. The average molecular weight is 231 g/mol. The second kappa shape index (κ2) is 5.20. The number of hydrogen-bond acceptors (Lipinski definition) is 4. The zero-order valence-corrected chi connectivity index (χ0v) is 9.47. The number of nitrogens with zero attached hydrogens (tertiary/aromatic N) is 3. The second-order valence-corrected chi connectivity index (χ2v) is 3.61. The summed E-state index contributed by atoms with van der Waals surface area (Å²) in [7, 11) is 0. The van der Waals surface area contributed by atoms with Crippen molar-refractivity contribution in [3.63, 3.8) is 0 Å². The van der Waals surface area contributed by atoms with Gasteiger partial charge in [0, 0.05) is 18.3 Å². The summed E-state index contributed by atoms with van der Waals surface area (Å²) in [5.41, 5.74) is 0.897. The van der Waals surface area contributed by atoms with Crippen molar-refractivity contribution in [1.82, 2.24) is 20.2 Å². The van der Waals surface area contributed by atoms with Gasteiger partial charge >= 0.3 is 0 Å². The molecule has 6 nitrogen and oxygen atoms in total. The van der Waals surface area contributed by atoms with E-state index in [0.29, 0.717) is 24.6 Å². The first-order valence-electron chi connectivity index (χ1n) is 5.33. The van der Waals surface area contributed by atoms with Gasteiger partial charge in [-0.1, -0.05) is 6.07 Å². The lowest BCUT2D eigenvalue weighted by molar-refractivity contribution is -0.116. The number of carbonyl (C=O) groups is 1. The predicted octanol–water partition coefficient (Wildman–Crippen LogP) is 1.08. The first kappa shape index (κ1) is 11.3. The minimum Gasteiger partial charge on any atom is -0.293 e. The van der Waals surface area contributed by atoms with Crippen molar-refractivity contribution in [2.24, 2.45) is 0 Å². The summed E-state index contributed by atoms with van der Waals surface area (Å²) in [6, 6.07) is 5.64.